The number of H-pyrrole nitrogens is 1. The molecule has 1 saturated carbocycles. The highest BCUT2D eigenvalue weighted by Crippen LogP contribution is 2.27. The topological polar surface area (TPSA) is 66.7 Å². The lowest BCUT2D eigenvalue weighted by Gasteiger charge is -2.27. The van der Waals surface area contributed by atoms with Crippen LogP contribution in [0.1, 0.15) is 31.4 Å². The third-order valence-corrected chi connectivity index (χ3v) is 4.84. The monoisotopic (exact) mass is 298 g/mol. The molecule has 4 heteroatoms. The Morgan fingerprint density at radius 3 is 2.55 bits per heavy atom. The van der Waals surface area contributed by atoms with Crippen molar-refractivity contribution in [3.05, 3.63) is 42.2 Å². The number of nitrogens with one attached hydrogen (secondary N) is 2. The second-order valence-electron chi connectivity index (χ2n) is 6.38. The van der Waals surface area contributed by atoms with Gasteiger partial charge in [0, 0.05) is 12.1 Å². The van der Waals surface area contributed by atoms with Crippen molar-refractivity contribution in [1.29, 1.82) is 0 Å². The quantitative estimate of drug-likeness (QED) is 0.768. The summed E-state index contributed by atoms with van der Waals surface area (Å²) < 4.78 is 0. The Morgan fingerprint density at radius 2 is 1.82 bits per heavy atom. The standard InChI is InChI=1S/C18H26N4/c19-10-14-6-8-15(9-7-14)11-20-13-18-17(12-21-22-18)16-4-2-1-3-5-16/h1-5,12,14-15,20H,6-11,13,19H2,(H,21,22). The van der Waals surface area contributed by atoms with E-state index in [-0.39, 0.29) is 0 Å². The maximum Gasteiger partial charge on any atom is 0.0569 e. The molecule has 1 fully saturated rings. The molecule has 0 amide bonds. The SMILES string of the molecule is NCC1CCC(CNCc2[nH]ncc2-c2ccccc2)CC1. The van der Waals surface area contributed by atoms with Crippen LogP contribution in [0.3, 0.4) is 0 Å². The number of hydrogen-bond acceptors (Lipinski definition) is 3. The first-order valence-electron chi connectivity index (χ1n) is 8.35. The summed E-state index contributed by atoms with van der Waals surface area (Å²) in [5.41, 5.74) is 9.34. The number of rotatable bonds is 6. The van der Waals surface area contributed by atoms with Crippen LogP contribution in [-0.2, 0) is 6.54 Å². The maximum absolute atomic E-state index is 5.76. The number of aromatic amines is 1. The van der Waals surface area contributed by atoms with Gasteiger partial charge in [-0.3, -0.25) is 5.10 Å². The summed E-state index contributed by atoms with van der Waals surface area (Å²) >= 11 is 0. The number of nitrogens with two attached hydrogens (primary N) is 1. The zero-order valence-electron chi connectivity index (χ0n) is 13.1. The van der Waals surface area contributed by atoms with E-state index in [2.05, 4.69) is 39.8 Å². The summed E-state index contributed by atoms with van der Waals surface area (Å²) in [5.74, 6) is 1.56. The predicted molar refractivity (Wildman–Crippen MR) is 90.2 cm³/mol. The predicted octanol–water partition coefficient (Wildman–Crippen LogP) is 2.93. The van der Waals surface area contributed by atoms with Crippen molar-refractivity contribution < 1.29 is 0 Å². The first-order valence-corrected chi connectivity index (χ1v) is 8.35. The van der Waals surface area contributed by atoms with Crippen molar-refractivity contribution in [2.45, 2.75) is 32.2 Å². The molecule has 22 heavy (non-hydrogen) atoms. The summed E-state index contributed by atoms with van der Waals surface area (Å²) in [6, 6.07) is 10.4. The Balaban J connectivity index is 1.50. The van der Waals surface area contributed by atoms with E-state index >= 15 is 0 Å². The molecule has 1 aromatic carbocycles. The van der Waals surface area contributed by atoms with Gasteiger partial charge in [0.15, 0.2) is 0 Å². The zero-order valence-corrected chi connectivity index (χ0v) is 13.1. The third-order valence-electron chi connectivity index (χ3n) is 4.84. The average Bonchev–Trinajstić information content (AvgIpc) is 3.05. The fourth-order valence-corrected chi connectivity index (χ4v) is 3.39. The molecular formula is C18H26N4. The fourth-order valence-electron chi connectivity index (χ4n) is 3.39. The minimum atomic E-state index is 0.758. The molecule has 4 nitrogen and oxygen atoms in total. The van der Waals surface area contributed by atoms with Crippen LogP contribution in [0.5, 0.6) is 0 Å². The van der Waals surface area contributed by atoms with E-state index in [0.29, 0.717) is 0 Å². The van der Waals surface area contributed by atoms with Gasteiger partial charge in [0.1, 0.15) is 0 Å². The van der Waals surface area contributed by atoms with Gasteiger partial charge in [0.25, 0.3) is 0 Å². The summed E-state index contributed by atoms with van der Waals surface area (Å²) in [4.78, 5) is 0. The van der Waals surface area contributed by atoms with Gasteiger partial charge in [-0.15, -0.1) is 0 Å². The minimum Gasteiger partial charge on any atom is -0.330 e. The number of aromatic nitrogens is 2. The average molecular weight is 298 g/mol. The number of hydrogen-bond donors (Lipinski definition) is 3. The lowest BCUT2D eigenvalue weighted by Crippen LogP contribution is -2.28. The van der Waals surface area contributed by atoms with Crippen LogP contribution in [0.25, 0.3) is 11.1 Å². The number of benzene rings is 1. The van der Waals surface area contributed by atoms with E-state index in [9.17, 15) is 0 Å². The Hall–Kier alpha value is -1.65. The van der Waals surface area contributed by atoms with E-state index in [1.54, 1.807) is 0 Å². The molecule has 0 bridgehead atoms. The van der Waals surface area contributed by atoms with Crippen LogP contribution in [0.15, 0.2) is 36.5 Å². The van der Waals surface area contributed by atoms with Crippen LogP contribution in [-0.4, -0.2) is 23.3 Å². The van der Waals surface area contributed by atoms with Crippen molar-refractivity contribution in [2.75, 3.05) is 13.1 Å². The Morgan fingerprint density at radius 1 is 1.09 bits per heavy atom. The smallest absolute Gasteiger partial charge is 0.0569 e. The van der Waals surface area contributed by atoms with Gasteiger partial charge >= 0.3 is 0 Å². The summed E-state index contributed by atoms with van der Waals surface area (Å²) in [6.07, 6.45) is 7.12. The van der Waals surface area contributed by atoms with Crippen LogP contribution in [0.2, 0.25) is 0 Å². The van der Waals surface area contributed by atoms with E-state index in [4.69, 9.17) is 5.73 Å². The zero-order chi connectivity index (χ0) is 15.2. The van der Waals surface area contributed by atoms with Gasteiger partial charge in [-0.25, -0.2) is 0 Å². The normalized spacial score (nSPS) is 21.9. The lowest BCUT2D eigenvalue weighted by molar-refractivity contribution is 0.272. The molecule has 3 rings (SSSR count). The Bertz CT molecular complexity index is 555. The molecule has 118 valence electrons. The van der Waals surface area contributed by atoms with E-state index in [0.717, 1.165) is 31.5 Å². The molecule has 1 aliphatic carbocycles. The van der Waals surface area contributed by atoms with Crippen molar-refractivity contribution in [3.63, 3.8) is 0 Å². The largest absolute Gasteiger partial charge is 0.330 e. The highest BCUT2D eigenvalue weighted by atomic mass is 15.1. The molecule has 2 aromatic rings. The van der Waals surface area contributed by atoms with Gasteiger partial charge in [-0.05, 0) is 56.2 Å². The molecule has 0 aliphatic heterocycles. The molecular weight excluding hydrogens is 272 g/mol. The highest BCUT2D eigenvalue weighted by molar-refractivity contribution is 5.64. The maximum atomic E-state index is 5.76. The third kappa shape index (κ3) is 3.76. The first kappa shape index (κ1) is 15.3. The second kappa shape index (κ2) is 7.56. The first-order chi connectivity index (χ1) is 10.9. The van der Waals surface area contributed by atoms with Crippen molar-refractivity contribution in [1.82, 2.24) is 15.5 Å². The highest BCUT2D eigenvalue weighted by Gasteiger charge is 2.19. The summed E-state index contributed by atoms with van der Waals surface area (Å²) in [7, 11) is 0. The van der Waals surface area contributed by atoms with Gasteiger partial charge in [0.2, 0.25) is 0 Å². The van der Waals surface area contributed by atoms with Gasteiger partial charge in [-0.2, -0.15) is 5.10 Å². The molecule has 4 N–H and O–H groups in total. The second-order valence-corrected chi connectivity index (χ2v) is 6.38. The minimum absolute atomic E-state index is 0.758. The molecule has 0 saturated heterocycles. The van der Waals surface area contributed by atoms with Gasteiger partial charge in [-0.1, -0.05) is 30.3 Å². The van der Waals surface area contributed by atoms with Gasteiger partial charge < -0.3 is 11.1 Å². The Kier molecular flexibility index (Phi) is 5.24. The number of nitrogens with zero attached hydrogens (tertiary/aromatic N) is 1. The van der Waals surface area contributed by atoms with E-state index in [1.165, 1.54) is 42.5 Å². The van der Waals surface area contributed by atoms with E-state index in [1.807, 2.05) is 12.3 Å². The van der Waals surface area contributed by atoms with Crippen LogP contribution < -0.4 is 11.1 Å². The Labute approximate surface area is 132 Å². The fraction of sp³-hybridized carbons (Fsp3) is 0.500. The molecule has 0 spiro atoms. The van der Waals surface area contributed by atoms with E-state index < -0.39 is 0 Å². The van der Waals surface area contributed by atoms with Crippen LogP contribution in [0.4, 0.5) is 0 Å². The molecule has 1 aliphatic rings. The van der Waals surface area contributed by atoms with Crippen molar-refractivity contribution >= 4 is 0 Å². The molecule has 0 radical (unpaired) electrons. The lowest BCUT2D eigenvalue weighted by atomic mass is 9.82. The van der Waals surface area contributed by atoms with Crippen molar-refractivity contribution in [3.8, 4) is 11.1 Å². The summed E-state index contributed by atoms with van der Waals surface area (Å²) in [5, 5.41) is 10.9. The molecule has 0 atom stereocenters. The van der Waals surface area contributed by atoms with Crippen LogP contribution in [0, 0.1) is 11.8 Å². The summed E-state index contributed by atoms with van der Waals surface area (Å²) in [6.45, 7) is 2.79. The molecule has 1 heterocycles. The molecule has 0 unspecified atom stereocenters. The molecule has 1 aromatic heterocycles. The van der Waals surface area contributed by atoms with Crippen LogP contribution >= 0.6 is 0 Å². The van der Waals surface area contributed by atoms with Gasteiger partial charge in [0.05, 0.1) is 11.9 Å². The van der Waals surface area contributed by atoms with Crippen molar-refractivity contribution in [2.24, 2.45) is 17.6 Å².